The fourth-order valence-electron chi connectivity index (χ4n) is 4.71. The average Bonchev–Trinajstić information content (AvgIpc) is 3.45. The normalized spacial score (nSPS) is 28.8. The number of nitrogens with one attached hydrogen (secondary N) is 2. The third-order valence-electron chi connectivity index (χ3n) is 6.52. The topological polar surface area (TPSA) is 84.2 Å². The van der Waals surface area contributed by atoms with Gasteiger partial charge >= 0.3 is 0 Å². The third kappa shape index (κ3) is 4.81. The van der Waals surface area contributed by atoms with Gasteiger partial charge in [0.1, 0.15) is 0 Å². The minimum atomic E-state index is -0.178. The van der Waals surface area contributed by atoms with E-state index in [0.29, 0.717) is 40.6 Å². The standard InChI is InChI=1S/C21H28ClN3O2.ClH/c22-16-6-7-18(17(10-16)21(27)24-11-12-4-5-12)25-20(26)15-8-13-2-1-3-14(9-15)19(13)23;/h6-7,10,12-15,19H,1-5,8-9,11,23H2,(H,24,27)(H,25,26);1H. The van der Waals surface area contributed by atoms with Gasteiger partial charge in [-0.15, -0.1) is 12.4 Å². The second kappa shape index (κ2) is 9.02. The number of hydrogen-bond acceptors (Lipinski definition) is 3. The number of hydrogen-bond donors (Lipinski definition) is 3. The van der Waals surface area contributed by atoms with Gasteiger partial charge in [-0.3, -0.25) is 9.59 Å². The molecule has 7 heteroatoms. The monoisotopic (exact) mass is 425 g/mol. The predicted octanol–water partition coefficient (Wildman–Crippen LogP) is 3.99. The van der Waals surface area contributed by atoms with Crippen LogP contribution in [0.15, 0.2) is 18.2 Å². The van der Waals surface area contributed by atoms with E-state index in [2.05, 4.69) is 10.6 Å². The summed E-state index contributed by atoms with van der Waals surface area (Å²) < 4.78 is 0. The highest BCUT2D eigenvalue weighted by molar-refractivity contribution is 6.31. The summed E-state index contributed by atoms with van der Waals surface area (Å²) in [5, 5.41) is 6.44. The van der Waals surface area contributed by atoms with Crippen LogP contribution in [0.1, 0.15) is 55.3 Å². The van der Waals surface area contributed by atoms with Crippen molar-refractivity contribution in [2.75, 3.05) is 11.9 Å². The molecular formula is C21H29Cl2N3O2. The second-order valence-corrected chi connectivity index (χ2v) is 8.97. The first kappa shape index (κ1) is 21.4. The Morgan fingerprint density at radius 3 is 2.43 bits per heavy atom. The van der Waals surface area contributed by atoms with E-state index in [9.17, 15) is 9.59 Å². The summed E-state index contributed by atoms with van der Waals surface area (Å²) in [6.45, 7) is 0.683. The van der Waals surface area contributed by atoms with E-state index in [1.165, 1.54) is 19.3 Å². The van der Waals surface area contributed by atoms with Crippen molar-refractivity contribution in [2.24, 2.45) is 29.4 Å². The minimum Gasteiger partial charge on any atom is -0.352 e. The van der Waals surface area contributed by atoms with Gasteiger partial charge in [0.25, 0.3) is 5.91 Å². The number of anilines is 1. The first-order chi connectivity index (χ1) is 13.0. The summed E-state index contributed by atoms with van der Waals surface area (Å²) in [7, 11) is 0. The lowest BCUT2D eigenvalue weighted by Gasteiger charge is -2.43. The maximum Gasteiger partial charge on any atom is 0.253 e. The maximum absolute atomic E-state index is 12.9. The summed E-state index contributed by atoms with van der Waals surface area (Å²) in [4.78, 5) is 25.5. The third-order valence-corrected chi connectivity index (χ3v) is 6.75. The van der Waals surface area contributed by atoms with Gasteiger partial charge in [0.2, 0.25) is 5.91 Å². The van der Waals surface area contributed by atoms with E-state index in [1.54, 1.807) is 18.2 Å². The summed E-state index contributed by atoms with van der Waals surface area (Å²) in [5.41, 5.74) is 7.32. The molecule has 0 aliphatic heterocycles. The number of benzene rings is 1. The van der Waals surface area contributed by atoms with Crippen molar-refractivity contribution in [1.82, 2.24) is 5.32 Å². The molecule has 28 heavy (non-hydrogen) atoms. The fraction of sp³-hybridized carbons (Fsp3) is 0.619. The van der Waals surface area contributed by atoms with Gasteiger partial charge in [-0.1, -0.05) is 18.0 Å². The van der Waals surface area contributed by atoms with E-state index in [4.69, 9.17) is 17.3 Å². The molecule has 5 nitrogen and oxygen atoms in total. The summed E-state index contributed by atoms with van der Waals surface area (Å²) in [5.74, 6) is 1.27. The largest absolute Gasteiger partial charge is 0.352 e. The van der Waals surface area contributed by atoms with Crippen molar-refractivity contribution in [3.05, 3.63) is 28.8 Å². The fourth-order valence-corrected chi connectivity index (χ4v) is 4.88. The number of halogens is 2. The molecule has 4 N–H and O–H groups in total. The Labute approximate surface area is 177 Å². The maximum atomic E-state index is 12.9. The Hall–Kier alpha value is -1.30. The average molecular weight is 426 g/mol. The van der Waals surface area contributed by atoms with E-state index < -0.39 is 0 Å². The Bertz CT molecular complexity index is 724. The molecule has 154 valence electrons. The second-order valence-electron chi connectivity index (χ2n) is 8.53. The van der Waals surface area contributed by atoms with Crippen LogP contribution in [0, 0.1) is 23.7 Å². The van der Waals surface area contributed by atoms with Gasteiger partial charge < -0.3 is 16.4 Å². The summed E-state index contributed by atoms with van der Waals surface area (Å²) in [6.07, 6.45) is 7.51. The van der Waals surface area contributed by atoms with Crippen LogP contribution in [0.3, 0.4) is 0 Å². The van der Waals surface area contributed by atoms with E-state index in [-0.39, 0.29) is 36.2 Å². The van der Waals surface area contributed by atoms with Crippen molar-refractivity contribution >= 4 is 41.5 Å². The Morgan fingerprint density at radius 2 is 1.79 bits per heavy atom. The molecule has 3 aliphatic rings. The Morgan fingerprint density at radius 1 is 1.11 bits per heavy atom. The quantitative estimate of drug-likeness (QED) is 0.666. The van der Waals surface area contributed by atoms with Crippen LogP contribution in [0.25, 0.3) is 0 Å². The molecule has 2 amide bonds. The van der Waals surface area contributed by atoms with Gasteiger partial charge in [-0.2, -0.15) is 0 Å². The lowest BCUT2D eigenvalue weighted by atomic mass is 9.65. The van der Waals surface area contributed by atoms with Gasteiger partial charge in [-0.25, -0.2) is 0 Å². The van der Waals surface area contributed by atoms with Crippen molar-refractivity contribution in [3.8, 4) is 0 Å². The van der Waals surface area contributed by atoms with Crippen molar-refractivity contribution in [3.63, 3.8) is 0 Å². The number of nitrogens with two attached hydrogens (primary N) is 1. The van der Waals surface area contributed by atoms with E-state index in [0.717, 1.165) is 25.7 Å². The highest BCUT2D eigenvalue weighted by atomic mass is 35.5. The molecule has 2 unspecified atom stereocenters. The van der Waals surface area contributed by atoms with E-state index >= 15 is 0 Å². The number of rotatable bonds is 5. The van der Waals surface area contributed by atoms with Crippen LogP contribution >= 0.6 is 24.0 Å². The zero-order valence-electron chi connectivity index (χ0n) is 16.0. The van der Waals surface area contributed by atoms with Crippen LogP contribution in [0.4, 0.5) is 5.69 Å². The zero-order chi connectivity index (χ0) is 19.0. The molecule has 0 aromatic heterocycles. The summed E-state index contributed by atoms with van der Waals surface area (Å²) in [6, 6.07) is 5.30. The molecule has 3 saturated carbocycles. The predicted molar refractivity (Wildman–Crippen MR) is 114 cm³/mol. The molecule has 4 rings (SSSR count). The molecule has 3 aliphatic carbocycles. The van der Waals surface area contributed by atoms with E-state index in [1.807, 2.05) is 0 Å². The van der Waals surface area contributed by atoms with Crippen molar-refractivity contribution in [2.45, 2.75) is 51.0 Å². The van der Waals surface area contributed by atoms with Crippen molar-refractivity contribution in [1.29, 1.82) is 0 Å². The molecule has 0 radical (unpaired) electrons. The SMILES string of the molecule is Cl.NC1C2CCCC1CC(C(=O)Nc1ccc(Cl)cc1C(=O)NCC1CC1)C2. The van der Waals surface area contributed by atoms with Crippen LogP contribution in [-0.2, 0) is 4.79 Å². The number of amides is 2. The highest BCUT2D eigenvalue weighted by Crippen LogP contribution is 2.42. The first-order valence-corrected chi connectivity index (χ1v) is 10.5. The molecule has 1 aromatic carbocycles. The van der Waals surface area contributed by atoms with Gasteiger partial charge in [0.15, 0.2) is 0 Å². The molecule has 2 atom stereocenters. The van der Waals surface area contributed by atoms with Gasteiger partial charge in [-0.05, 0) is 74.5 Å². The minimum absolute atomic E-state index is 0. The number of fused-ring (bicyclic) bond motifs is 2. The van der Waals surface area contributed by atoms with Gasteiger partial charge in [0, 0.05) is 23.5 Å². The van der Waals surface area contributed by atoms with Crippen LogP contribution in [-0.4, -0.2) is 24.4 Å². The smallest absolute Gasteiger partial charge is 0.253 e. The molecule has 0 saturated heterocycles. The number of carbonyl (C=O) groups excluding carboxylic acids is 2. The first-order valence-electron chi connectivity index (χ1n) is 10.2. The zero-order valence-corrected chi connectivity index (χ0v) is 17.5. The molecule has 2 bridgehead atoms. The molecule has 0 spiro atoms. The highest BCUT2D eigenvalue weighted by Gasteiger charge is 2.40. The van der Waals surface area contributed by atoms with Gasteiger partial charge in [0.05, 0.1) is 11.3 Å². The van der Waals surface area contributed by atoms with Crippen LogP contribution in [0.2, 0.25) is 5.02 Å². The lowest BCUT2D eigenvalue weighted by Crippen LogP contribution is -2.48. The van der Waals surface area contributed by atoms with Crippen LogP contribution < -0.4 is 16.4 Å². The van der Waals surface area contributed by atoms with Crippen LogP contribution in [0.5, 0.6) is 0 Å². The summed E-state index contributed by atoms with van der Waals surface area (Å²) >= 11 is 6.10. The Kier molecular flexibility index (Phi) is 6.89. The van der Waals surface area contributed by atoms with Crippen molar-refractivity contribution < 1.29 is 9.59 Å². The molecule has 1 aromatic rings. The molecule has 0 heterocycles. The number of carbonyl (C=O) groups is 2. The lowest BCUT2D eigenvalue weighted by molar-refractivity contribution is -0.122. The molecule has 3 fully saturated rings. The Balaban J connectivity index is 0.00000225. The molecular weight excluding hydrogens is 397 g/mol.